The fourth-order valence-corrected chi connectivity index (χ4v) is 0.281. The van der Waals surface area contributed by atoms with Gasteiger partial charge in [-0.2, -0.15) is 0 Å². The van der Waals surface area contributed by atoms with Crippen molar-refractivity contribution >= 4 is 23.5 Å². The standard InChI is InChI=1S/C6H12N2.H4Si/c1-3-5-8-6-7-4-2;/h5-6H,3-4H2,1-2H3;1H4. The van der Waals surface area contributed by atoms with Crippen molar-refractivity contribution in [1.29, 1.82) is 0 Å². The van der Waals surface area contributed by atoms with Gasteiger partial charge < -0.3 is 0 Å². The maximum Gasteiger partial charge on any atom is 0.109 e. The Balaban J connectivity index is 0. The van der Waals surface area contributed by atoms with E-state index < -0.39 is 0 Å². The van der Waals surface area contributed by atoms with E-state index in [1.54, 1.807) is 6.34 Å². The van der Waals surface area contributed by atoms with Gasteiger partial charge in [0.25, 0.3) is 0 Å². The van der Waals surface area contributed by atoms with Crippen LogP contribution in [0.5, 0.6) is 0 Å². The molecule has 3 heteroatoms. The molecule has 0 aliphatic rings. The lowest BCUT2D eigenvalue weighted by Gasteiger charge is -1.75. The lowest BCUT2D eigenvalue weighted by Crippen LogP contribution is -1.71. The molecule has 0 amide bonds. The minimum Gasteiger partial charge on any atom is -0.274 e. The summed E-state index contributed by atoms with van der Waals surface area (Å²) in [4.78, 5) is 7.75. The summed E-state index contributed by atoms with van der Waals surface area (Å²) in [5.41, 5.74) is 0. The molecule has 0 saturated heterocycles. The highest BCUT2D eigenvalue weighted by Crippen LogP contribution is 1.67. The highest BCUT2D eigenvalue weighted by Gasteiger charge is 1.62. The van der Waals surface area contributed by atoms with E-state index in [9.17, 15) is 0 Å². The van der Waals surface area contributed by atoms with Gasteiger partial charge in [-0.25, -0.2) is 4.99 Å². The first-order valence-electron chi connectivity index (χ1n) is 2.91. The molecule has 0 unspecified atom stereocenters. The van der Waals surface area contributed by atoms with E-state index in [-0.39, 0.29) is 11.0 Å². The van der Waals surface area contributed by atoms with Crippen molar-refractivity contribution in [3.63, 3.8) is 0 Å². The molecule has 0 saturated carbocycles. The van der Waals surface area contributed by atoms with Crippen molar-refractivity contribution in [2.75, 3.05) is 6.54 Å². The van der Waals surface area contributed by atoms with Crippen LogP contribution in [-0.2, 0) is 0 Å². The molecule has 0 rings (SSSR count). The molecule has 0 aliphatic heterocycles. The third-order valence-corrected chi connectivity index (χ3v) is 0.619. The fourth-order valence-electron chi connectivity index (χ4n) is 0.281. The number of rotatable bonds is 3. The van der Waals surface area contributed by atoms with Gasteiger partial charge in [-0.05, 0) is 24.3 Å². The molecule has 2 nitrogen and oxygen atoms in total. The van der Waals surface area contributed by atoms with Gasteiger partial charge in [-0.3, -0.25) is 4.99 Å². The van der Waals surface area contributed by atoms with Crippen LogP contribution >= 0.6 is 0 Å². The molecule has 0 aliphatic carbocycles. The predicted molar refractivity (Wildman–Crippen MR) is 49.2 cm³/mol. The van der Waals surface area contributed by atoms with Crippen LogP contribution in [0.4, 0.5) is 0 Å². The van der Waals surface area contributed by atoms with E-state index in [2.05, 4.69) is 9.98 Å². The van der Waals surface area contributed by atoms with Gasteiger partial charge in [0.05, 0.1) is 0 Å². The van der Waals surface area contributed by atoms with Crippen molar-refractivity contribution in [2.45, 2.75) is 20.3 Å². The van der Waals surface area contributed by atoms with Gasteiger partial charge in [0.15, 0.2) is 0 Å². The Morgan fingerprint density at radius 3 is 2.44 bits per heavy atom. The molecule has 0 aromatic rings. The molecule has 0 bridgehead atoms. The zero-order valence-corrected chi connectivity index (χ0v) is 5.46. The minimum absolute atomic E-state index is 0. The number of nitrogens with zero attached hydrogens (tertiary/aromatic N) is 2. The Bertz CT molecular complexity index is 77.1. The average Bonchev–Trinajstić information content (AvgIpc) is 1.81. The van der Waals surface area contributed by atoms with Gasteiger partial charge >= 0.3 is 0 Å². The summed E-state index contributed by atoms with van der Waals surface area (Å²) >= 11 is 0. The molecular weight excluding hydrogens is 128 g/mol. The van der Waals surface area contributed by atoms with Crippen molar-refractivity contribution in [1.82, 2.24) is 0 Å². The summed E-state index contributed by atoms with van der Waals surface area (Å²) in [5, 5.41) is 0. The van der Waals surface area contributed by atoms with Gasteiger partial charge in [0.2, 0.25) is 0 Å². The number of hydrogen-bond acceptors (Lipinski definition) is 1. The average molecular weight is 144 g/mol. The summed E-state index contributed by atoms with van der Waals surface area (Å²) in [6.07, 6.45) is 4.40. The van der Waals surface area contributed by atoms with E-state index in [0.717, 1.165) is 13.0 Å². The van der Waals surface area contributed by atoms with Crippen molar-refractivity contribution < 1.29 is 0 Å². The number of hydrogen-bond donors (Lipinski definition) is 0. The van der Waals surface area contributed by atoms with Crippen LogP contribution in [0.15, 0.2) is 9.98 Å². The van der Waals surface area contributed by atoms with Gasteiger partial charge in [0.1, 0.15) is 6.34 Å². The predicted octanol–water partition coefficient (Wildman–Crippen LogP) is 0.0638. The Hall–Kier alpha value is -0.443. The van der Waals surface area contributed by atoms with E-state index in [4.69, 9.17) is 0 Å². The normalized spacial score (nSPS) is 10.4. The summed E-state index contributed by atoms with van der Waals surface area (Å²) in [5.74, 6) is 0. The molecule has 0 radical (unpaired) electrons. The van der Waals surface area contributed by atoms with Crippen LogP contribution in [0.3, 0.4) is 0 Å². The smallest absolute Gasteiger partial charge is 0.109 e. The molecule has 0 spiro atoms. The van der Waals surface area contributed by atoms with Crippen LogP contribution in [0.2, 0.25) is 0 Å². The first-order chi connectivity index (χ1) is 3.91. The van der Waals surface area contributed by atoms with Gasteiger partial charge in [-0.1, -0.05) is 6.92 Å². The third-order valence-electron chi connectivity index (χ3n) is 0.619. The highest BCUT2D eigenvalue weighted by molar-refractivity contribution is 5.75. The monoisotopic (exact) mass is 144 g/mol. The number of aliphatic imine (C=N–C) groups is 2. The van der Waals surface area contributed by atoms with Crippen LogP contribution in [0.25, 0.3) is 0 Å². The second-order valence-electron chi connectivity index (χ2n) is 1.35. The Morgan fingerprint density at radius 2 is 2.00 bits per heavy atom. The van der Waals surface area contributed by atoms with E-state index in [1.165, 1.54) is 0 Å². The van der Waals surface area contributed by atoms with Crippen LogP contribution in [0.1, 0.15) is 20.3 Å². The molecule has 0 atom stereocenters. The molecule has 0 heterocycles. The zero-order valence-electron chi connectivity index (χ0n) is 5.46. The Kier molecular flexibility index (Phi) is 13.3. The van der Waals surface area contributed by atoms with Crippen molar-refractivity contribution in [2.24, 2.45) is 9.98 Å². The molecule has 0 N–H and O–H groups in total. The second kappa shape index (κ2) is 10.5. The van der Waals surface area contributed by atoms with Gasteiger partial charge in [-0.15, -0.1) is 0 Å². The molecule has 0 aromatic heterocycles. The molecule has 0 fully saturated rings. The largest absolute Gasteiger partial charge is 0.274 e. The second-order valence-corrected chi connectivity index (χ2v) is 1.35. The van der Waals surface area contributed by atoms with Crippen molar-refractivity contribution in [3.8, 4) is 0 Å². The molecular formula is C6H16N2Si. The Morgan fingerprint density at radius 1 is 1.33 bits per heavy atom. The Labute approximate surface area is 61.1 Å². The molecule has 9 heavy (non-hydrogen) atoms. The summed E-state index contributed by atoms with van der Waals surface area (Å²) in [6, 6.07) is 0. The van der Waals surface area contributed by atoms with Crippen LogP contribution < -0.4 is 0 Å². The first-order valence-corrected chi connectivity index (χ1v) is 2.91. The lowest BCUT2D eigenvalue weighted by molar-refractivity contribution is 1.13. The topological polar surface area (TPSA) is 24.7 Å². The molecule has 0 aromatic carbocycles. The van der Waals surface area contributed by atoms with Gasteiger partial charge in [0, 0.05) is 12.8 Å². The maximum absolute atomic E-state index is 3.89. The van der Waals surface area contributed by atoms with E-state index in [1.807, 2.05) is 20.1 Å². The minimum atomic E-state index is 0. The zero-order chi connectivity index (χ0) is 6.24. The van der Waals surface area contributed by atoms with Crippen LogP contribution in [0, 0.1) is 0 Å². The van der Waals surface area contributed by atoms with E-state index in [0.29, 0.717) is 0 Å². The molecule has 54 valence electrons. The van der Waals surface area contributed by atoms with Crippen LogP contribution in [-0.4, -0.2) is 30.1 Å². The highest BCUT2D eigenvalue weighted by atomic mass is 28.1. The summed E-state index contributed by atoms with van der Waals surface area (Å²) < 4.78 is 0. The first kappa shape index (κ1) is 11.4. The van der Waals surface area contributed by atoms with Crippen molar-refractivity contribution in [3.05, 3.63) is 0 Å². The third kappa shape index (κ3) is 11.2. The maximum atomic E-state index is 3.89. The SMILES string of the molecule is CCC=NC=NCC.[SiH4]. The summed E-state index contributed by atoms with van der Waals surface area (Å²) in [6.45, 7) is 4.85. The lowest BCUT2D eigenvalue weighted by atomic mass is 10.5. The summed E-state index contributed by atoms with van der Waals surface area (Å²) in [7, 11) is 0. The fraction of sp³-hybridized carbons (Fsp3) is 0.667. The van der Waals surface area contributed by atoms with E-state index >= 15 is 0 Å². The quantitative estimate of drug-likeness (QED) is 0.304.